The van der Waals surface area contributed by atoms with Crippen LogP contribution in [0.1, 0.15) is 30.4 Å². The summed E-state index contributed by atoms with van der Waals surface area (Å²) in [4.78, 5) is 19.3. The number of carbonyl (C=O) groups is 1. The molecular formula is C34H31N5O3S. The Labute approximate surface area is 255 Å². The number of thiocarbonyl (C=S) groups is 1. The van der Waals surface area contributed by atoms with Crippen molar-refractivity contribution in [1.82, 2.24) is 14.9 Å². The van der Waals surface area contributed by atoms with Crippen molar-refractivity contribution in [1.29, 1.82) is 0 Å². The molecule has 2 N–H and O–H groups in total. The predicted molar refractivity (Wildman–Crippen MR) is 172 cm³/mol. The second-order valence-electron chi connectivity index (χ2n) is 9.92. The van der Waals surface area contributed by atoms with E-state index in [2.05, 4.69) is 37.3 Å². The number of nitrogens with one attached hydrogen (secondary N) is 2. The number of amides is 1. The zero-order valence-corrected chi connectivity index (χ0v) is 24.4. The molecule has 3 heterocycles. The monoisotopic (exact) mass is 589 g/mol. The van der Waals surface area contributed by atoms with Crippen molar-refractivity contribution in [3.05, 3.63) is 133 Å². The van der Waals surface area contributed by atoms with Gasteiger partial charge in [-0.3, -0.25) is 9.78 Å². The Kier molecular flexibility index (Phi) is 8.33. The lowest BCUT2D eigenvalue weighted by molar-refractivity contribution is -0.118. The van der Waals surface area contributed by atoms with E-state index in [1.807, 2.05) is 110 Å². The number of nitrogens with zero attached hydrogens (tertiary/aromatic N) is 3. The van der Waals surface area contributed by atoms with Gasteiger partial charge >= 0.3 is 0 Å². The third-order valence-corrected chi connectivity index (χ3v) is 7.46. The van der Waals surface area contributed by atoms with Crippen molar-refractivity contribution >= 4 is 34.6 Å². The number of benzene rings is 3. The minimum absolute atomic E-state index is 0.0811. The molecule has 8 nitrogen and oxygen atoms in total. The fraction of sp³-hybridized carbons (Fsp3) is 0.147. The van der Waals surface area contributed by atoms with Crippen molar-refractivity contribution in [2.45, 2.75) is 19.0 Å². The van der Waals surface area contributed by atoms with Crippen LogP contribution in [0.25, 0.3) is 5.69 Å². The highest BCUT2D eigenvalue weighted by atomic mass is 32.1. The Morgan fingerprint density at radius 2 is 1.58 bits per heavy atom. The fourth-order valence-corrected chi connectivity index (χ4v) is 5.59. The predicted octanol–water partition coefficient (Wildman–Crippen LogP) is 6.47. The molecule has 1 aliphatic heterocycles. The van der Waals surface area contributed by atoms with Gasteiger partial charge in [-0.25, -0.2) is 0 Å². The summed E-state index contributed by atoms with van der Waals surface area (Å²) in [6.07, 6.45) is 3.85. The molecule has 0 bridgehead atoms. The highest BCUT2D eigenvalue weighted by molar-refractivity contribution is 7.80. The molecule has 2 atom stereocenters. The van der Waals surface area contributed by atoms with Gasteiger partial charge in [0.1, 0.15) is 17.5 Å². The van der Waals surface area contributed by atoms with Gasteiger partial charge in [0.05, 0.1) is 18.3 Å². The van der Waals surface area contributed by atoms with Crippen molar-refractivity contribution in [2.24, 2.45) is 0 Å². The van der Waals surface area contributed by atoms with Gasteiger partial charge in [0.15, 0.2) is 11.7 Å². The molecule has 0 radical (unpaired) electrons. The fourth-order valence-electron chi connectivity index (χ4n) is 5.24. The third-order valence-electron chi connectivity index (χ3n) is 7.15. The number of pyridine rings is 1. The Balaban J connectivity index is 1.28. The first-order chi connectivity index (χ1) is 21.1. The van der Waals surface area contributed by atoms with E-state index in [-0.39, 0.29) is 24.6 Å². The molecule has 5 aromatic rings. The number of carbonyl (C=O) groups excluding carboxylic acids is 1. The van der Waals surface area contributed by atoms with E-state index in [1.165, 1.54) is 0 Å². The van der Waals surface area contributed by atoms with E-state index in [4.69, 9.17) is 21.7 Å². The van der Waals surface area contributed by atoms with Crippen LogP contribution >= 0.6 is 12.2 Å². The van der Waals surface area contributed by atoms with Gasteiger partial charge in [-0.05, 0) is 104 Å². The highest BCUT2D eigenvalue weighted by Gasteiger charge is 2.42. The van der Waals surface area contributed by atoms with E-state index in [0.717, 1.165) is 28.5 Å². The maximum Gasteiger partial charge on any atom is 0.262 e. The van der Waals surface area contributed by atoms with Gasteiger partial charge in [0.25, 0.3) is 5.91 Å². The van der Waals surface area contributed by atoms with Gasteiger partial charge < -0.3 is 29.6 Å². The Morgan fingerprint density at radius 1 is 0.860 bits per heavy atom. The Morgan fingerprint density at radius 3 is 2.30 bits per heavy atom. The highest BCUT2D eigenvalue weighted by Crippen LogP contribution is 2.42. The van der Waals surface area contributed by atoms with Crippen molar-refractivity contribution in [3.8, 4) is 17.2 Å². The average molecular weight is 590 g/mol. The molecular weight excluding hydrogens is 558 g/mol. The van der Waals surface area contributed by atoms with Crippen LogP contribution < -0.4 is 25.0 Å². The first kappa shape index (κ1) is 28.0. The SMILES string of the molecule is CCOc1ccc(-n2cccc2[C@@H]2[C@@H](c3ccccn3)NC(=S)N2c2ccc(NC(=O)COc3ccccc3)cc2)cc1. The van der Waals surface area contributed by atoms with Crippen LogP contribution in [0.5, 0.6) is 11.5 Å². The average Bonchev–Trinajstić information content (AvgIpc) is 3.66. The summed E-state index contributed by atoms with van der Waals surface area (Å²) in [6, 6.07) is 34.6. The summed E-state index contributed by atoms with van der Waals surface area (Å²) in [6.45, 7) is 2.51. The van der Waals surface area contributed by atoms with Gasteiger partial charge in [-0.1, -0.05) is 24.3 Å². The van der Waals surface area contributed by atoms with Crippen LogP contribution in [0.4, 0.5) is 11.4 Å². The lowest BCUT2D eigenvalue weighted by Crippen LogP contribution is -2.30. The van der Waals surface area contributed by atoms with E-state index < -0.39 is 0 Å². The number of anilines is 2. The molecule has 1 aliphatic rings. The number of ether oxygens (including phenoxy) is 2. The van der Waals surface area contributed by atoms with Crippen molar-refractivity contribution in [2.75, 3.05) is 23.4 Å². The quantitative estimate of drug-likeness (QED) is 0.181. The molecule has 43 heavy (non-hydrogen) atoms. The molecule has 1 fully saturated rings. The maximum absolute atomic E-state index is 12.5. The number of rotatable bonds is 10. The summed E-state index contributed by atoms with van der Waals surface area (Å²) in [5.41, 5.74) is 4.50. The van der Waals surface area contributed by atoms with Crippen LogP contribution in [-0.4, -0.2) is 33.8 Å². The topological polar surface area (TPSA) is 80.7 Å². The number of hydrogen-bond donors (Lipinski definition) is 2. The van der Waals surface area contributed by atoms with Crippen LogP contribution in [0.2, 0.25) is 0 Å². The van der Waals surface area contributed by atoms with E-state index in [9.17, 15) is 4.79 Å². The molecule has 216 valence electrons. The lowest BCUT2D eigenvalue weighted by atomic mass is 10.0. The van der Waals surface area contributed by atoms with Crippen molar-refractivity contribution in [3.63, 3.8) is 0 Å². The largest absolute Gasteiger partial charge is 0.494 e. The molecule has 9 heteroatoms. The third kappa shape index (κ3) is 6.22. The molecule has 0 spiro atoms. The molecule has 0 saturated carbocycles. The van der Waals surface area contributed by atoms with Gasteiger partial charge in [0.2, 0.25) is 0 Å². The van der Waals surface area contributed by atoms with Gasteiger partial charge in [-0.2, -0.15) is 0 Å². The molecule has 0 aliphatic carbocycles. The minimum Gasteiger partial charge on any atom is -0.494 e. The summed E-state index contributed by atoms with van der Waals surface area (Å²) in [5.74, 6) is 1.23. The normalized spacial score (nSPS) is 16.0. The van der Waals surface area contributed by atoms with Crippen molar-refractivity contribution < 1.29 is 14.3 Å². The summed E-state index contributed by atoms with van der Waals surface area (Å²) < 4.78 is 13.4. The van der Waals surface area contributed by atoms with Crippen LogP contribution in [0.3, 0.4) is 0 Å². The zero-order chi connectivity index (χ0) is 29.6. The van der Waals surface area contributed by atoms with Crippen LogP contribution in [-0.2, 0) is 4.79 Å². The number of hydrogen-bond acceptors (Lipinski definition) is 5. The molecule has 3 aromatic carbocycles. The second kappa shape index (κ2) is 12.8. The van der Waals surface area contributed by atoms with Gasteiger partial charge in [0, 0.05) is 35.1 Å². The van der Waals surface area contributed by atoms with Crippen LogP contribution in [0.15, 0.2) is 122 Å². The number of aromatic nitrogens is 2. The zero-order valence-electron chi connectivity index (χ0n) is 23.6. The minimum atomic E-state index is -0.240. The lowest BCUT2D eigenvalue weighted by Gasteiger charge is -2.29. The molecule has 1 amide bonds. The van der Waals surface area contributed by atoms with Gasteiger partial charge in [-0.15, -0.1) is 0 Å². The molecule has 1 saturated heterocycles. The Bertz CT molecular complexity index is 1680. The standard InChI is InChI=1S/C34H31N5O3S/c1-2-41-28-19-17-25(18-20-28)38-22-8-12-30(38)33-32(29-11-6-7-21-35-29)37-34(43)39(33)26-15-13-24(14-16-26)36-31(40)23-42-27-9-4-3-5-10-27/h3-22,32-33H,2,23H2,1H3,(H,36,40)(H,37,43)/t32-,33-/m1/s1. The van der Waals surface area contributed by atoms with E-state index in [0.29, 0.717) is 23.2 Å². The first-order valence-electron chi connectivity index (χ1n) is 14.1. The van der Waals surface area contributed by atoms with E-state index in [1.54, 1.807) is 6.20 Å². The second-order valence-corrected chi connectivity index (χ2v) is 10.3. The molecule has 6 rings (SSSR count). The first-order valence-corrected chi connectivity index (χ1v) is 14.5. The van der Waals surface area contributed by atoms with E-state index >= 15 is 0 Å². The molecule has 2 aromatic heterocycles. The Hall–Kier alpha value is -5.15. The summed E-state index contributed by atoms with van der Waals surface area (Å²) in [5, 5.41) is 7.01. The molecule has 0 unspecified atom stereocenters. The summed E-state index contributed by atoms with van der Waals surface area (Å²) >= 11 is 5.92. The number of para-hydroxylation sites is 1. The summed E-state index contributed by atoms with van der Waals surface area (Å²) in [7, 11) is 0. The smallest absolute Gasteiger partial charge is 0.262 e. The maximum atomic E-state index is 12.5. The van der Waals surface area contributed by atoms with Crippen LogP contribution in [0, 0.1) is 0 Å².